The topological polar surface area (TPSA) is 86.7 Å². The third kappa shape index (κ3) is 8.94. The average molecular weight is 431 g/mol. The van der Waals surface area contributed by atoms with Crippen LogP contribution in [0.2, 0.25) is 0 Å². The van der Waals surface area contributed by atoms with E-state index in [9.17, 15) is 13.5 Å². The Bertz CT molecular complexity index is 819. The van der Waals surface area contributed by atoms with Gasteiger partial charge in [0.25, 0.3) is 10.1 Å². The van der Waals surface area contributed by atoms with Crippen LogP contribution in [0.25, 0.3) is 0 Å². The first-order valence-corrected chi connectivity index (χ1v) is 10.9. The summed E-state index contributed by atoms with van der Waals surface area (Å²) in [6.07, 6.45) is 9.08. The second-order valence-electron chi connectivity index (χ2n) is 6.69. The van der Waals surface area contributed by atoms with Gasteiger partial charge in [-0.05, 0) is 49.2 Å². The van der Waals surface area contributed by atoms with Gasteiger partial charge in [-0.25, -0.2) is 0 Å². The fraction of sp³-hybridized carbons (Fsp3) is 0.429. The van der Waals surface area contributed by atoms with Crippen molar-refractivity contribution in [3.8, 4) is 17.2 Å². The maximum atomic E-state index is 12.0. The van der Waals surface area contributed by atoms with Crippen LogP contribution in [0.3, 0.4) is 0 Å². The molecule has 0 radical (unpaired) electrons. The van der Waals surface area contributed by atoms with Crippen molar-refractivity contribution in [2.75, 3.05) is 0 Å². The quantitative estimate of drug-likeness (QED) is 0.335. The van der Waals surface area contributed by atoms with Crippen LogP contribution in [0.4, 0.5) is 0 Å². The summed E-state index contributed by atoms with van der Waals surface area (Å²) in [5.74, 6) is 0.977. The number of aryl methyl sites for hydroxylation is 1. The summed E-state index contributed by atoms with van der Waals surface area (Å²) < 4.78 is 36.8. The maximum Gasteiger partial charge on any atom is 1.00 e. The van der Waals surface area contributed by atoms with Gasteiger partial charge >= 0.3 is 51.4 Å². The Kier molecular flexibility index (Phi) is 11.9. The smallest absolute Gasteiger partial charge is 0.872 e. The molecule has 0 aromatic heterocycles. The molecule has 0 saturated heterocycles. The van der Waals surface area contributed by atoms with Crippen molar-refractivity contribution in [3.05, 3.63) is 48.0 Å². The van der Waals surface area contributed by atoms with Crippen LogP contribution in [0.5, 0.6) is 17.2 Å². The molecule has 0 aliphatic heterocycles. The SMILES string of the molecule is CCCCCCCCCc1cc(Oc2ccc(S(=O)(=O)O)cc2)ccc1[O-].[K+]. The van der Waals surface area contributed by atoms with E-state index >= 15 is 0 Å². The molecule has 5 nitrogen and oxygen atoms in total. The molecule has 0 aliphatic carbocycles. The zero-order chi connectivity index (χ0) is 19.7. The standard InChI is InChI=1S/C21H28O5S.K/c1-2-3-4-5-6-7-8-9-17-16-19(12-15-21(17)22)26-18-10-13-20(14-11-18)27(23,24)25;/h10-16,22H,2-9H2,1H3,(H,23,24,25);/q;+1/p-1. The second-order valence-corrected chi connectivity index (χ2v) is 8.11. The van der Waals surface area contributed by atoms with Crippen molar-refractivity contribution in [2.45, 2.75) is 63.2 Å². The zero-order valence-electron chi connectivity index (χ0n) is 16.7. The van der Waals surface area contributed by atoms with Crippen LogP contribution >= 0.6 is 0 Å². The molecule has 0 amide bonds. The van der Waals surface area contributed by atoms with Crippen molar-refractivity contribution >= 4 is 10.1 Å². The van der Waals surface area contributed by atoms with Gasteiger partial charge in [0.05, 0.1) is 4.90 Å². The minimum Gasteiger partial charge on any atom is -0.872 e. The van der Waals surface area contributed by atoms with E-state index in [1.54, 1.807) is 12.1 Å². The molecule has 0 aliphatic rings. The van der Waals surface area contributed by atoms with Crippen molar-refractivity contribution in [2.24, 2.45) is 0 Å². The number of benzene rings is 2. The Morgan fingerprint density at radius 1 is 0.893 bits per heavy atom. The first-order chi connectivity index (χ1) is 12.9. The van der Waals surface area contributed by atoms with Crippen LogP contribution in [-0.2, 0) is 16.5 Å². The first kappa shape index (κ1) is 25.6. The maximum absolute atomic E-state index is 12.0. The van der Waals surface area contributed by atoms with Gasteiger partial charge in [0.15, 0.2) is 0 Å². The molecule has 0 saturated carbocycles. The molecule has 0 heterocycles. The van der Waals surface area contributed by atoms with Crippen molar-refractivity contribution in [1.82, 2.24) is 0 Å². The molecule has 0 unspecified atom stereocenters. The van der Waals surface area contributed by atoms with Crippen molar-refractivity contribution in [3.63, 3.8) is 0 Å². The molecule has 0 fully saturated rings. The van der Waals surface area contributed by atoms with Gasteiger partial charge in [-0.1, -0.05) is 57.1 Å². The first-order valence-electron chi connectivity index (χ1n) is 9.45. The van der Waals surface area contributed by atoms with Crippen LogP contribution in [0.1, 0.15) is 57.4 Å². The second kappa shape index (κ2) is 13.0. The number of rotatable bonds is 11. The Balaban J connectivity index is 0.00000392. The van der Waals surface area contributed by atoms with Gasteiger partial charge in [-0.2, -0.15) is 8.42 Å². The summed E-state index contributed by atoms with van der Waals surface area (Å²) in [5.41, 5.74) is 0.732. The van der Waals surface area contributed by atoms with Crippen LogP contribution in [0.15, 0.2) is 47.4 Å². The number of hydrogen-bond acceptors (Lipinski definition) is 4. The van der Waals surface area contributed by atoms with E-state index < -0.39 is 10.1 Å². The number of hydrogen-bond donors (Lipinski definition) is 1. The largest absolute Gasteiger partial charge is 1.00 e. The third-order valence-corrected chi connectivity index (χ3v) is 5.31. The molecule has 0 bridgehead atoms. The predicted molar refractivity (Wildman–Crippen MR) is 104 cm³/mol. The van der Waals surface area contributed by atoms with Crippen LogP contribution in [0, 0.1) is 0 Å². The van der Waals surface area contributed by atoms with E-state index in [1.165, 1.54) is 62.4 Å². The molecule has 148 valence electrons. The minimum atomic E-state index is -4.22. The molecule has 28 heavy (non-hydrogen) atoms. The fourth-order valence-corrected chi connectivity index (χ4v) is 3.38. The van der Waals surface area contributed by atoms with Gasteiger partial charge in [0, 0.05) is 0 Å². The summed E-state index contributed by atoms with van der Waals surface area (Å²) in [6, 6.07) is 10.3. The Morgan fingerprint density at radius 3 is 2.07 bits per heavy atom. The summed E-state index contributed by atoms with van der Waals surface area (Å²) in [6.45, 7) is 2.20. The molecule has 1 N–H and O–H groups in total. The molecule has 7 heteroatoms. The van der Waals surface area contributed by atoms with Gasteiger partial charge in [0.1, 0.15) is 11.5 Å². The zero-order valence-corrected chi connectivity index (χ0v) is 20.6. The van der Waals surface area contributed by atoms with Crippen molar-refractivity contribution < 1.29 is 74.2 Å². The molecule has 2 rings (SSSR count). The fourth-order valence-electron chi connectivity index (χ4n) is 2.90. The Labute approximate surface area is 210 Å². The molecule has 2 aromatic rings. The summed E-state index contributed by atoms with van der Waals surface area (Å²) >= 11 is 0. The van der Waals surface area contributed by atoms with Gasteiger partial charge in [-0.3, -0.25) is 4.55 Å². The predicted octanol–water partition coefficient (Wildman–Crippen LogP) is 2.10. The Morgan fingerprint density at radius 2 is 1.46 bits per heavy atom. The summed E-state index contributed by atoms with van der Waals surface area (Å²) in [4.78, 5) is -0.190. The van der Waals surface area contributed by atoms with E-state index in [1.807, 2.05) is 0 Å². The normalized spacial score (nSPS) is 11.1. The number of unbranched alkanes of at least 4 members (excludes halogenated alkanes) is 6. The van der Waals surface area contributed by atoms with E-state index in [4.69, 9.17) is 9.29 Å². The molecular formula is C21H27KO5S. The molecule has 0 spiro atoms. The monoisotopic (exact) mass is 430 g/mol. The summed E-state index contributed by atoms with van der Waals surface area (Å²) in [7, 11) is -4.22. The van der Waals surface area contributed by atoms with Gasteiger partial charge < -0.3 is 9.84 Å². The van der Waals surface area contributed by atoms with E-state index in [-0.39, 0.29) is 62.0 Å². The molecular weight excluding hydrogens is 403 g/mol. The minimum absolute atomic E-state index is 0. The van der Waals surface area contributed by atoms with Crippen molar-refractivity contribution in [1.29, 1.82) is 0 Å². The summed E-state index contributed by atoms with van der Waals surface area (Å²) in [5, 5.41) is 12.0. The van der Waals surface area contributed by atoms with E-state index in [2.05, 4.69) is 6.92 Å². The number of ether oxygens (including phenoxy) is 1. The van der Waals surface area contributed by atoms with E-state index in [0.29, 0.717) is 11.5 Å². The van der Waals surface area contributed by atoms with Gasteiger partial charge in [0.2, 0.25) is 0 Å². The van der Waals surface area contributed by atoms with Crippen LogP contribution < -0.4 is 61.2 Å². The van der Waals surface area contributed by atoms with E-state index in [0.717, 1.165) is 24.8 Å². The Hall–Kier alpha value is -0.414. The average Bonchev–Trinajstić information content (AvgIpc) is 2.63. The molecule has 2 aromatic carbocycles. The third-order valence-electron chi connectivity index (χ3n) is 4.44. The van der Waals surface area contributed by atoms with Gasteiger partial charge in [-0.15, -0.1) is 5.75 Å². The molecule has 0 atom stereocenters. The van der Waals surface area contributed by atoms with Crippen LogP contribution in [-0.4, -0.2) is 13.0 Å².